The molecule has 0 atom stereocenters. The number of hydrogen-bond acceptors (Lipinski definition) is 6. The van der Waals surface area contributed by atoms with E-state index in [0.29, 0.717) is 38.8 Å². The molecule has 0 aliphatic carbocycles. The lowest BCUT2D eigenvalue weighted by molar-refractivity contribution is 0.0476. The Morgan fingerprint density at radius 1 is 0.946 bits per heavy atom. The molecule has 184 valence electrons. The lowest BCUT2D eigenvalue weighted by Gasteiger charge is -2.10. The van der Waals surface area contributed by atoms with Crippen molar-refractivity contribution in [2.45, 2.75) is 6.92 Å². The van der Waals surface area contributed by atoms with E-state index >= 15 is 0 Å². The molecule has 0 fully saturated rings. The van der Waals surface area contributed by atoms with Gasteiger partial charge in [0.1, 0.15) is 5.75 Å². The van der Waals surface area contributed by atoms with Crippen molar-refractivity contribution in [1.29, 1.82) is 0 Å². The number of esters is 1. The Hall–Kier alpha value is -4.49. The van der Waals surface area contributed by atoms with E-state index in [0.717, 1.165) is 11.3 Å². The fourth-order valence-corrected chi connectivity index (χ4v) is 4.16. The van der Waals surface area contributed by atoms with Gasteiger partial charge in [-0.25, -0.2) is 14.5 Å². The highest BCUT2D eigenvalue weighted by Gasteiger charge is 2.23. The number of pyridine rings is 1. The number of Topliss-reactive ketones (excluding diaryl/α,β-unsaturated/α-hetero) is 1. The van der Waals surface area contributed by atoms with Gasteiger partial charge >= 0.3 is 5.97 Å². The number of fused-ring (bicyclic) bond motifs is 1. The van der Waals surface area contributed by atoms with Crippen molar-refractivity contribution >= 4 is 34.4 Å². The first-order valence-electron chi connectivity index (χ1n) is 11.5. The molecule has 0 radical (unpaired) electrons. The number of ether oxygens (including phenoxy) is 2. The number of ketones is 1. The SMILES string of the molecule is COc1ccc(-c2cc(C(=O)OCC(=O)c3ccc(Cl)cc3)c3c(C)nn(-c4ccccc4)c3n2)cc1. The summed E-state index contributed by atoms with van der Waals surface area (Å²) < 4.78 is 12.4. The Morgan fingerprint density at radius 3 is 2.32 bits per heavy atom. The number of carbonyl (C=O) groups excluding carboxylic acids is 2. The molecular weight excluding hydrogens is 490 g/mol. The number of aryl methyl sites for hydroxylation is 1. The molecule has 0 saturated carbocycles. The molecule has 2 aromatic heterocycles. The highest BCUT2D eigenvalue weighted by atomic mass is 35.5. The first-order valence-corrected chi connectivity index (χ1v) is 11.9. The van der Waals surface area contributed by atoms with Crippen LogP contribution in [0.4, 0.5) is 0 Å². The summed E-state index contributed by atoms with van der Waals surface area (Å²) in [7, 11) is 1.60. The zero-order valence-corrected chi connectivity index (χ0v) is 20.9. The summed E-state index contributed by atoms with van der Waals surface area (Å²) in [5.41, 5.74) is 3.95. The minimum atomic E-state index is -0.639. The third-order valence-electron chi connectivity index (χ3n) is 5.92. The first-order chi connectivity index (χ1) is 17.9. The second kappa shape index (κ2) is 10.2. The maximum atomic E-state index is 13.4. The van der Waals surface area contributed by atoms with E-state index < -0.39 is 12.6 Å². The summed E-state index contributed by atoms with van der Waals surface area (Å²) >= 11 is 5.91. The molecule has 0 amide bonds. The maximum Gasteiger partial charge on any atom is 0.339 e. The average Bonchev–Trinajstić information content (AvgIpc) is 3.28. The van der Waals surface area contributed by atoms with Crippen molar-refractivity contribution < 1.29 is 19.1 Å². The number of halogens is 1. The lowest BCUT2D eigenvalue weighted by atomic mass is 10.1. The number of benzene rings is 3. The van der Waals surface area contributed by atoms with E-state index in [1.54, 1.807) is 42.1 Å². The zero-order valence-electron chi connectivity index (χ0n) is 20.1. The highest BCUT2D eigenvalue weighted by Crippen LogP contribution is 2.30. The number of nitrogens with zero attached hydrogens (tertiary/aromatic N) is 3. The molecule has 0 saturated heterocycles. The number of para-hydroxylation sites is 1. The van der Waals surface area contributed by atoms with Gasteiger partial charge in [0.2, 0.25) is 0 Å². The van der Waals surface area contributed by atoms with E-state index in [-0.39, 0.29) is 11.3 Å². The summed E-state index contributed by atoms with van der Waals surface area (Å²) in [5, 5.41) is 5.74. The van der Waals surface area contributed by atoms with Gasteiger partial charge in [-0.3, -0.25) is 4.79 Å². The topological polar surface area (TPSA) is 83.3 Å². The number of carbonyl (C=O) groups is 2. The van der Waals surface area contributed by atoms with Gasteiger partial charge in [0.15, 0.2) is 18.0 Å². The fourth-order valence-electron chi connectivity index (χ4n) is 4.04. The number of aromatic nitrogens is 3. The zero-order chi connectivity index (χ0) is 25.9. The molecule has 7 nitrogen and oxygen atoms in total. The van der Waals surface area contributed by atoms with Crippen molar-refractivity contribution in [3.8, 4) is 22.7 Å². The third kappa shape index (κ3) is 4.94. The molecule has 37 heavy (non-hydrogen) atoms. The molecule has 8 heteroatoms. The largest absolute Gasteiger partial charge is 0.497 e. The van der Waals surface area contributed by atoms with E-state index in [1.807, 2.05) is 61.5 Å². The predicted octanol–water partition coefficient (Wildman–Crippen LogP) is 6.10. The molecule has 0 aliphatic rings. The van der Waals surface area contributed by atoms with Crippen molar-refractivity contribution in [2.24, 2.45) is 0 Å². The molecule has 0 bridgehead atoms. The van der Waals surface area contributed by atoms with Crippen LogP contribution in [0.25, 0.3) is 28.0 Å². The van der Waals surface area contributed by atoms with Gasteiger partial charge in [0, 0.05) is 16.1 Å². The lowest BCUT2D eigenvalue weighted by Crippen LogP contribution is -2.15. The van der Waals surface area contributed by atoms with E-state index in [1.165, 1.54) is 0 Å². The van der Waals surface area contributed by atoms with Crippen LogP contribution in [0.3, 0.4) is 0 Å². The van der Waals surface area contributed by atoms with Crippen molar-refractivity contribution in [1.82, 2.24) is 14.8 Å². The van der Waals surface area contributed by atoms with Crippen molar-refractivity contribution in [3.05, 3.63) is 107 Å². The predicted molar refractivity (Wildman–Crippen MR) is 142 cm³/mol. The molecule has 5 rings (SSSR count). The van der Waals surface area contributed by atoms with Crippen LogP contribution in [0.1, 0.15) is 26.4 Å². The molecule has 5 aromatic rings. The van der Waals surface area contributed by atoms with Gasteiger partial charge in [-0.1, -0.05) is 29.8 Å². The molecule has 3 aromatic carbocycles. The van der Waals surface area contributed by atoms with Crippen molar-refractivity contribution in [2.75, 3.05) is 13.7 Å². The summed E-state index contributed by atoms with van der Waals surface area (Å²) in [6, 6.07) is 25.0. The maximum absolute atomic E-state index is 13.4. The van der Waals surface area contributed by atoms with Gasteiger partial charge in [-0.05, 0) is 73.7 Å². The Bertz CT molecular complexity index is 1600. The Kier molecular flexibility index (Phi) is 6.70. The molecule has 0 spiro atoms. The quantitative estimate of drug-likeness (QED) is 0.194. The summed E-state index contributed by atoms with van der Waals surface area (Å²) in [6.45, 7) is 1.40. The summed E-state index contributed by atoms with van der Waals surface area (Å²) in [5.74, 6) is -0.266. The Labute approximate surface area is 218 Å². The van der Waals surface area contributed by atoms with Crippen LogP contribution in [-0.2, 0) is 4.74 Å². The van der Waals surface area contributed by atoms with E-state index in [2.05, 4.69) is 5.10 Å². The minimum Gasteiger partial charge on any atom is -0.497 e. The number of methoxy groups -OCH3 is 1. The second-order valence-electron chi connectivity index (χ2n) is 8.32. The van der Waals surface area contributed by atoms with Gasteiger partial charge < -0.3 is 9.47 Å². The third-order valence-corrected chi connectivity index (χ3v) is 6.17. The number of hydrogen-bond donors (Lipinski definition) is 0. The van der Waals surface area contributed by atoms with Crippen LogP contribution >= 0.6 is 11.6 Å². The summed E-state index contributed by atoms with van der Waals surface area (Å²) in [6.07, 6.45) is 0. The van der Waals surface area contributed by atoms with Crippen LogP contribution in [0.2, 0.25) is 5.02 Å². The van der Waals surface area contributed by atoms with Crippen molar-refractivity contribution in [3.63, 3.8) is 0 Å². The van der Waals surface area contributed by atoms with Crippen LogP contribution in [-0.4, -0.2) is 40.2 Å². The number of rotatable bonds is 7. The van der Waals surface area contributed by atoms with Gasteiger partial charge in [0.05, 0.1) is 35.1 Å². The Morgan fingerprint density at radius 2 is 1.65 bits per heavy atom. The normalized spacial score (nSPS) is 10.9. The minimum absolute atomic E-state index is 0.277. The standard InChI is InChI=1S/C29H22ClN3O4/c1-18-27-24(29(35)37-17-26(34)20-8-12-21(30)13-9-20)16-25(19-10-14-23(36-2)15-11-19)31-28(27)33(32-18)22-6-4-3-5-7-22/h3-16H,17H2,1-2H3. The van der Waals surface area contributed by atoms with Gasteiger partial charge in [-0.15, -0.1) is 0 Å². The monoisotopic (exact) mass is 511 g/mol. The van der Waals surface area contributed by atoms with Crippen LogP contribution < -0.4 is 4.74 Å². The van der Waals surface area contributed by atoms with Gasteiger partial charge in [-0.2, -0.15) is 5.10 Å². The van der Waals surface area contributed by atoms with E-state index in [9.17, 15) is 9.59 Å². The summed E-state index contributed by atoms with van der Waals surface area (Å²) in [4.78, 5) is 30.8. The van der Waals surface area contributed by atoms with E-state index in [4.69, 9.17) is 26.1 Å². The fraction of sp³-hybridized carbons (Fsp3) is 0.103. The molecule has 0 aliphatic heterocycles. The van der Waals surface area contributed by atoms with Crippen LogP contribution in [0, 0.1) is 6.92 Å². The van der Waals surface area contributed by atoms with Crippen LogP contribution in [0.5, 0.6) is 5.75 Å². The van der Waals surface area contributed by atoms with Gasteiger partial charge in [0.25, 0.3) is 0 Å². The molecule has 2 heterocycles. The average molecular weight is 512 g/mol. The smallest absolute Gasteiger partial charge is 0.339 e. The Balaban J connectivity index is 1.57. The molecule has 0 N–H and O–H groups in total. The first kappa shape index (κ1) is 24.2. The van der Waals surface area contributed by atoms with Crippen LogP contribution in [0.15, 0.2) is 84.9 Å². The molecule has 0 unspecified atom stereocenters. The second-order valence-corrected chi connectivity index (χ2v) is 8.76. The molecular formula is C29H22ClN3O4. The highest BCUT2D eigenvalue weighted by molar-refractivity contribution is 6.30.